The quantitative estimate of drug-likeness (QED) is 0.841. The van der Waals surface area contributed by atoms with Crippen molar-refractivity contribution < 1.29 is 4.79 Å². The number of aromatic nitrogens is 2. The molecule has 2 rings (SSSR count). The number of benzene rings is 1. The van der Waals surface area contributed by atoms with E-state index in [9.17, 15) is 9.59 Å². The first-order chi connectivity index (χ1) is 9.08. The Morgan fingerprint density at radius 1 is 1.42 bits per heavy atom. The molecule has 1 amide bonds. The lowest BCUT2D eigenvalue weighted by Gasteiger charge is -2.07. The average Bonchev–Trinajstić information content (AvgIpc) is 2.38. The third-order valence-electron chi connectivity index (χ3n) is 2.90. The maximum absolute atomic E-state index is 12.2. The van der Waals surface area contributed by atoms with Crippen molar-refractivity contribution in [2.75, 3.05) is 6.54 Å². The molecular formula is C13H15N3O2S. The fourth-order valence-corrected chi connectivity index (χ4v) is 2.27. The Balaban J connectivity index is 2.66. The molecule has 2 aromatic rings. The summed E-state index contributed by atoms with van der Waals surface area (Å²) < 4.78 is 1.86. The van der Waals surface area contributed by atoms with E-state index >= 15 is 0 Å². The molecule has 0 fully saturated rings. The van der Waals surface area contributed by atoms with Crippen molar-refractivity contribution >= 4 is 29.0 Å². The second-order valence-electron chi connectivity index (χ2n) is 4.10. The molecule has 19 heavy (non-hydrogen) atoms. The molecule has 0 radical (unpaired) electrons. The molecular weight excluding hydrogens is 262 g/mol. The summed E-state index contributed by atoms with van der Waals surface area (Å²) in [5, 5.41) is 3.25. The van der Waals surface area contributed by atoms with Crippen LogP contribution in [0.3, 0.4) is 0 Å². The van der Waals surface area contributed by atoms with Gasteiger partial charge in [-0.1, -0.05) is 0 Å². The van der Waals surface area contributed by atoms with Gasteiger partial charge < -0.3 is 10.3 Å². The molecule has 0 unspecified atom stereocenters. The number of amides is 1. The van der Waals surface area contributed by atoms with E-state index in [-0.39, 0.29) is 11.5 Å². The number of carbonyl (C=O) groups excluding carboxylic acids is 1. The van der Waals surface area contributed by atoms with Gasteiger partial charge in [-0.25, -0.2) is 0 Å². The first kappa shape index (κ1) is 13.5. The van der Waals surface area contributed by atoms with Gasteiger partial charge in [0.2, 0.25) is 0 Å². The molecule has 1 aromatic carbocycles. The standard InChI is InChI=1S/C13H15N3O2S/c1-3-14-11(17)8-5-6-9-10(7-8)15-13(19)16(4-2)12(9)18/h5-7H,3-4H2,1-2H3,(H,14,17)(H,15,19). The van der Waals surface area contributed by atoms with Crippen molar-refractivity contribution in [2.24, 2.45) is 0 Å². The first-order valence-corrected chi connectivity index (χ1v) is 6.54. The van der Waals surface area contributed by atoms with E-state index < -0.39 is 0 Å². The van der Waals surface area contributed by atoms with Crippen molar-refractivity contribution in [3.05, 3.63) is 38.9 Å². The largest absolute Gasteiger partial charge is 0.352 e. The van der Waals surface area contributed by atoms with E-state index in [1.165, 1.54) is 4.57 Å². The monoisotopic (exact) mass is 277 g/mol. The van der Waals surface area contributed by atoms with Crippen molar-refractivity contribution in [3.8, 4) is 0 Å². The fraction of sp³-hybridized carbons (Fsp3) is 0.308. The number of rotatable bonds is 3. The minimum Gasteiger partial charge on any atom is -0.352 e. The van der Waals surface area contributed by atoms with E-state index in [2.05, 4.69) is 10.3 Å². The topological polar surface area (TPSA) is 66.9 Å². The van der Waals surface area contributed by atoms with Gasteiger partial charge in [-0.05, 0) is 44.3 Å². The summed E-state index contributed by atoms with van der Waals surface area (Å²) in [5.74, 6) is -0.164. The van der Waals surface area contributed by atoms with Gasteiger partial charge in [0.25, 0.3) is 11.5 Å². The summed E-state index contributed by atoms with van der Waals surface area (Å²) in [6, 6.07) is 4.95. The zero-order chi connectivity index (χ0) is 14.0. The van der Waals surface area contributed by atoms with Crippen molar-refractivity contribution in [2.45, 2.75) is 20.4 Å². The first-order valence-electron chi connectivity index (χ1n) is 6.13. The number of nitrogens with zero attached hydrogens (tertiary/aromatic N) is 1. The molecule has 0 atom stereocenters. The van der Waals surface area contributed by atoms with E-state index in [1.807, 2.05) is 13.8 Å². The molecule has 0 aliphatic rings. The van der Waals surface area contributed by atoms with Crippen LogP contribution >= 0.6 is 12.2 Å². The summed E-state index contributed by atoms with van der Waals surface area (Å²) in [6.07, 6.45) is 0. The van der Waals surface area contributed by atoms with Crippen LogP contribution in [0.1, 0.15) is 24.2 Å². The van der Waals surface area contributed by atoms with Crippen LogP contribution in [-0.4, -0.2) is 22.0 Å². The lowest BCUT2D eigenvalue weighted by atomic mass is 10.1. The maximum Gasteiger partial charge on any atom is 0.262 e. The Kier molecular flexibility index (Phi) is 3.80. The Morgan fingerprint density at radius 2 is 2.16 bits per heavy atom. The van der Waals surface area contributed by atoms with E-state index in [1.54, 1.807) is 18.2 Å². The van der Waals surface area contributed by atoms with Gasteiger partial charge >= 0.3 is 0 Å². The van der Waals surface area contributed by atoms with Crippen LogP contribution in [-0.2, 0) is 6.54 Å². The van der Waals surface area contributed by atoms with Crippen LogP contribution in [0.4, 0.5) is 0 Å². The lowest BCUT2D eigenvalue weighted by Crippen LogP contribution is -2.24. The summed E-state index contributed by atoms with van der Waals surface area (Å²) in [7, 11) is 0. The minimum absolute atomic E-state index is 0.135. The highest BCUT2D eigenvalue weighted by Crippen LogP contribution is 2.10. The Hall–Kier alpha value is -1.95. The van der Waals surface area contributed by atoms with E-state index in [0.29, 0.717) is 34.3 Å². The summed E-state index contributed by atoms with van der Waals surface area (Å²) in [6.45, 7) is 4.79. The minimum atomic E-state index is -0.164. The van der Waals surface area contributed by atoms with Gasteiger partial charge in [0.05, 0.1) is 10.9 Å². The number of fused-ring (bicyclic) bond motifs is 1. The summed E-state index contributed by atoms with van der Waals surface area (Å²) >= 11 is 5.13. The normalized spacial score (nSPS) is 10.6. The number of aromatic amines is 1. The Bertz CT molecular complexity index is 746. The van der Waals surface area contributed by atoms with Crippen LogP contribution in [0.2, 0.25) is 0 Å². The molecule has 0 aliphatic carbocycles. The van der Waals surface area contributed by atoms with Crippen LogP contribution in [0.5, 0.6) is 0 Å². The Labute approximate surface area is 115 Å². The average molecular weight is 277 g/mol. The lowest BCUT2D eigenvalue weighted by molar-refractivity contribution is 0.0956. The van der Waals surface area contributed by atoms with Gasteiger partial charge in [0, 0.05) is 18.7 Å². The van der Waals surface area contributed by atoms with E-state index in [4.69, 9.17) is 12.2 Å². The molecule has 0 spiro atoms. The molecule has 0 saturated carbocycles. The highest BCUT2D eigenvalue weighted by Gasteiger charge is 2.08. The van der Waals surface area contributed by atoms with Crippen molar-refractivity contribution in [1.82, 2.24) is 14.9 Å². The molecule has 0 saturated heterocycles. The zero-order valence-electron chi connectivity index (χ0n) is 10.8. The fourth-order valence-electron chi connectivity index (χ4n) is 1.95. The van der Waals surface area contributed by atoms with Crippen LogP contribution in [0.25, 0.3) is 10.9 Å². The van der Waals surface area contributed by atoms with Gasteiger partial charge in [0.1, 0.15) is 0 Å². The van der Waals surface area contributed by atoms with Crippen LogP contribution in [0.15, 0.2) is 23.0 Å². The molecule has 6 heteroatoms. The van der Waals surface area contributed by atoms with E-state index in [0.717, 1.165) is 0 Å². The second-order valence-corrected chi connectivity index (χ2v) is 4.49. The highest BCUT2D eigenvalue weighted by molar-refractivity contribution is 7.71. The predicted octanol–water partition coefficient (Wildman–Crippen LogP) is 1.83. The second kappa shape index (κ2) is 5.36. The third-order valence-corrected chi connectivity index (χ3v) is 3.22. The summed E-state index contributed by atoms with van der Waals surface area (Å²) in [4.78, 5) is 26.9. The van der Waals surface area contributed by atoms with Crippen molar-refractivity contribution in [3.63, 3.8) is 0 Å². The number of H-pyrrole nitrogens is 1. The van der Waals surface area contributed by atoms with Gasteiger partial charge in [-0.3, -0.25) is 14.2 Å². The molecule has 0 aliphatic heterocycles. The number of hydrogen-bond acceptors (Lipinski definition) is 3. The molecule has 100 valence electrons. The molecule has 1 heterocycles. The molecule has 0 bridgehead atoms. The van der Waals surface area contributed by atoms with Gasteiger partial charge in [0.15, 0.2) is 4.77 Å². The zero-order valence-corrected chi connectivity index (χ0v) is 11.6. The van der Waals surface area contributed by atoms with Crippen LogP contribution < -0.4 is 10.9 Å². The Morgan fingerprint density at radius 3 is 2.79 bits per heavy atom. The smallest absolute Gasteiger partial charge is 0.262 e. The maximum atomic E-state index is 12.2. The molecule has 1 aromatic heterocycles. The van der Waals surface area contributed by atoms with Crippen LogP contribution in [0, 0.1) is 4.77 Å². The van der Waals surface area contributed by atoms with Crippen molar-refractivity contribution in [1.29, 1.82) is 0 Å². The number of hydrogen-bond donors (Lipinski definition) is 2. The number of carbonyl (C=O) groups is 1. The predicted molar refractivity (Wildman–Crippen MR) is 77.1 cm³/mol. The molecule has 2 N–H and O–H groups in total. The third kappa shape index (κ3) is 2.44. The molecule has 5 nitrogen and oxygen atoms in total. The number of nitrogens with one attached hydrogen (secondary N) is 2. The SMILES string of the molecule is CCNC(=O)c1ccc2c(=O)n(CC)c(=S)[nH]c2c1. The highest BCUT2D eigenvalue weighted by atomic mass is 32.1. The summed E-state index contributed by atoms with van der Waals surface area (Å²) in [5.41, 5.74) is 0.959. The van der Waals surface area contributed by atoms with Gasteiger partial charge in [-0.15, -0.1) is 0 Å². The van der Waals surface area contributed by atoms with Gasteiger partial charge in [-0.2, -0.15) is 0 Å².